The van der Waals surface area contributed by atoms with Gasteiger partial charge in [0, 0.05) is 0 Å². The van der Waals surface area contributed by atoms with Gasteiger partial charge in [0.15, 0.2) is 5.60 Å². The van der Waals surface area contributed by atoms with Gasteiger partial charge in [-0.3, -0.25) is 0 Å². The molecule has 0 spiro atoms. The van der Waals surface area contributed by atoms with Crippen molar-refractivity contribution in [1.82, 2.24) is 0 Å². The van der Waals surface area contributed by atoms with Gasteiger partial charge in [0.2, 0.25) is 0 Å². The van der Waals surface area contributed by atoms with E-state index in [1.807, 2.05) is 0 Å². The van der Waals surface area contributed by atoms with Gasteiger partial charge in [-0.25, -0.2) is 4.79 Å². The smallest absolute Gasteiger partial charge is 0.338 e. The minimum absolute atomic E-state index is 0.223. The van der Waals surface area contributed by atoms with Crippen LogP contribution in [0.4, 0.5) is 0 Å². The lowest BCUT2D eigenvalue weighted by Gasteiger charge is -2.31. The second-order valence-corrected chi connectivity index (χ2v) is 3.21. The average Bonchev–Trinajstić information content (AvgIpc) is 2.00. The van der Waals surface area contributed by atoms with Crippen LogP contribution in [0.25, 0.3) is 0 Å². The summed E-state index contributed by atoms with van der Waals surface area (Å²) >= 11 is 0. The van der Waals surface area contributed by atoms with Gasteiger partial charge in [0.05, 0.1) is 6.10 Å². The maximum absolute atomic E-state index is 10.7. The molecule has 12 heavy (non-hydrogen) atoms. The SMILES string of the molecule is CCC(O)C(O)(C(=O)O)C(C)C. The summed E-state index contributed by atoms with van der Waals surface area (Å²) in [6.45, 7) is 4.75. The number of carbonyl (C=O) groups is 1. The van der Waals surface area contributed by atoms with Gasteiger partial charge in [-0.1, -0.05) is 20.8 Å². The molecule has 0 aliphatic carbocycles. The Hall–Kier alpha value is -0.610. The molecule has 0 heterocycles. The number of aliphatic hydroxyl groups is 2. The van der Waals surface area contributed by atoms with E-state index in [4.69, 9.17) is 5.11 Å². The summed E-state index contributed by atoms with van der Waals surface area (Å²) in [5, 5.41) is 27.6. The van der Waals surface area contributed by atoms with Crippen LogP contribution >= 0.6 is 0 Å². The Balaban J connectivity index is 4.74. The van der Waals surface area contributed by atoms with Crippen LogP contribution in [0.3, 0.4) is 0 Å². The Morgan fingerprint density at radius 2 is 1.92 bits per heavy atom. The molecule has 2 unspecified atom stereocenters. The summed E-state index contributed by atoms with van der Waals surface area (Å²) in [5.74, 6) is -1.88. The van der Waals surface area contributed by atoms with Crippen molar-refractivity contribution in [3.8, 4) is 0 Å². The summed E-state index contributed by atoms with van der Waals surface area (Å²) in [4.78, 5) is 10.7. The van der Waals surface area contributed by atoms with Crippen LogP contribution in [-0.4, -0.2) is 33.0 Å². The molecule has 0 aliphatic heterocycles. The van der Waals surface area contributed by atoms with Crippen LogP contribution in [0.5, 0.6) is 0 Å². The van der Waals surface area contributed by atoms with Crippen molar-refractivity contribution in [2.45, 2.75) is 38.9 Å². The largest absolute Gasteiger partial charge is 0.479 e. The molecule has 0 aromatic heterocycles. The highest BCUT2D eigenvalue weighted by atomic mass is 16.4. The normalized spacial score (nSPS) is 18.8. The standard InChI is InChI=1S/C8H16O4/c1-4-6(9)8(12,5(2)3)7(10)11/h5-6,9,12H,4H2,1-3H3,(H,10,11). The third-order valence-electron chi connectivity index (χ3n) is 2.12. The summed E-state index contributed by atoms with van der Waals surface area (Å²) in [6.07, 6.45) is -0.990. The molecule has 0 fully saturated rings. The van der Waals surface area contributed by atoms with Crippen molar-refractivity contribution in [2.75, 3.05) is 0 Å². The molecule has 0 aliphatic rings. The Morgan fingerprint density at radius 3 is 2.00 bits per heavy atom. The zero-order valence-corrected chi connectivity index (χ0v) is 7.61. The quantitative estimate of drug-likeness (QED) is 0.573. The van der Waals surface area contributed by atoms with Gasteiger partial charge in [0.25, 0.3) is 0 Å². The number of carboxylic acid groups (broad SMARTS) is 1. The molecule has 0 bridgehead atoms. The maximum Gasteiger partial charge on any atom is 0.338 e. The Kier molecular flexibility index (Phi) is 3.67. The average molecular weight is 176 g/mol. The highest BCUT2D eigenvalue weighted by Gasteiger charge is 2.45. The molecule has 0 aromatic carbocycles. The van der Waals surface area contributed by atoms with Crippen molar-refractivity contribution < 1.29 is 20.1 Å². The Bertz CT molecular complexity index is 166. The number of carboxylic acids is 1. The van der Waals surface area contributed by atoms with Crippen LogP contribution in [0.15, 0.2) is 0 Å². The second-order valence-electron chi connectivity index (χ2n) is 3.21. The Labute approximate surface area is 71.8 Å². The van der Waals surface area contributed by atoms with Crippen LogP contribution in [0, 0.1) is 5.92 Å². The van der Waals surface area contributed by atoms with Gasteiger partial charge in [0.1, 0.15) is 0 Å². The van der Waals surface area contributed by atoms with E-state index in [9.17, 15) is 15.0 Å². The predicted molar refractivity (Wildman–Crippen MR) is 43.7 cm³/mol. The fourth-order valence-corrected chi connectivity index (χ4v) is 1.09. The van der Waals surface area contributed by atoms with Crippen molar-refractivity contribution in [1.29, 1.82) is 0 Å². The highest BCUT2D eigenvalue weighted by Crippen LogP contribution is 2.23. The first-order valence-electron chi connectivity index (χ1n) is 4.01. The van der Waals surface area contributed by atoms with Gasteiger partial charge in [-0.05, 0) is 12.3 Å². The van der Waals surface area contributed by atoms with E-state index >= 15 is 0 Å². The number of hydrogen-bond acceptors (Lipinski definition) is 3. The van der Waals surface area contributed by atoms with Crippen LogP contribution < -0.4 is 0 Å². The van der Waals surface area contributed by atoms with E-state index in [1.165, 1.54) is 0 Å². The minimum Gasteiger partial charge on any atom is -0.479 e. The van der Waals surface area contributed by atoms with Crippen molar-refractivity contribution in [2.24, 2.45) is 5.92 Å². The molecule has 2 atom stereocenters. The first-order valence-corrected chi connectivity index (χ1v) is 4.01. The molecule has 0 saturated carbocycles. The van der Waals surface area contributed by atoms with Crippen LogP contribution in [-0.2, 0) is 4.79 Å². The van der Waals surface area contributed by atoms with E-state index in [0.717, 1.165) is 0 Å². The highest BCUT2D eigenvalue weighted by molar-refractivity contribution is 5.78. The summed E-state index contributed by atoms with van der Waals surface area (Å²) < 4.78 is 0. The van der Waals surface area contributed by atoms with Gasteiger partial charge in [-0.2, -0.15) is 0 Å². The van der Waals surface area contributed by atoms with Gasteiger partial charge < -0.3 is 15.3 Å². The molecule has 3 N–H and O–H groups in total. The van der Waals surface area contributed by atoms with Crippen LogP contribution in [0.1, 0.15) is 27.2 Å². The second kappa shape index (κ2) is 3.87. The third kappa shape index (κ3) is 1.76. The zero-order chi connectivity index (χ0) is 9.94. The van der Waals surface area contributed by atoms with Crippen LogP contribution in [0.2, 0.25) is 0 Å². The fraction of sp³-hybridized carbons (Fsp3) is 0.875. The van der Waals surface area contributed by atoms with E-state index in [0.29, 0.717) is 0 Å². The first kappa shape index (κ1) is 11.4. The Morgan fingerprint density at radius 1 is 1.50 bits per heavy atom. The maximum atomic E-state index is 10.7. The minimum atomic E-state index is -2.02. The number of aliphatic hydroxyl groups excluding tert-OH is 1. The number of hydrogen-bond donors (Lipinski definition) is 3. The molecule has 0 saturated heterocycles. The lowest BCUT2D eigenvalue weighted by Crippen LogP contribution is -2.53. The summed E-state index contributed by atoms with van der Waals surface area (Å²) in [6, 6.07) is 0. The lowest BCUT2D eigenvalue weighted by molar-refractivity contribution is -0.180. The van der Waals surface area contributed by atoms with E-state index in [1.54, 1.807) is 20.8 Å². The third-order valence-corrected chi connectivity index (χ3v) is 2.12. The van der Waals surface area contributed by atoms with Gasteiger partial charge in [-0.15, -0.1) is 0 Å². The molecular weight excluding hydrogens is 160 g/mol. The molecular formula is C8H16O4. The molecule has 0 radical (unpaired) electrons. The van der Waals surface area contributed by atoms with Crippen molar-refractivity contribution in [3.63, 3.8) is 0 Å². The zero-order valence-electron chi connectivity index (χ0n) is 7.61. The number of rotatable bonds is 4. The fourth-order valence-electron chi connectivity index (χ4n) is 1.09. The molecule has 72 valence electrons. The summed E-state index contributed by atoms with van der Waals surface area (Å²) in [5.41, 5.74) is -2.02. The summed E-state index contributed by atoms with van der Waals surface area (Å²) in [7, 11) is 0. The topological polar surface area (TPSA) is 77.8 Å². The van der Waals surface area contributed by atoms with Crippen molar-refractivity contribution >= 4 is 5.97 Å². The van der Waals surface area contributed by atoms with Crippen molar-refractivity contribution in [3.05, 3.63) is 0 Å². The monoisotopic (exact) mass is 176 g/mol. The van der Waals surface area contributed by atoms with E-state index in [-0.39, 0.29) is 6.42 Å². The first-order chi connectivity index (χ1) is 5.37. The predicted octanol–water partition coefficient (Wildman–Crippen LogP) is 0.229. The van der Waals surface area contributed by atoms with Gasteiger partial charge >= 0.3 is 5.97 Å². The van der Waals surface area contributed by atoms with E-state index in [2.05, 4.69) is 0 Å². The molecule has 0 amide bonds. The number of aliphatic carboxylic acids is 1. The molecule has 4 heteroatoms. The molecule has 0 aromatic rings. The molecule has 4 nitrogen and oxygen atoms in total. The van der Waals surface area contributed by atoms with E-state index < -0.39 is 23.6 Å². The molecule has 0 rings (SSSR count). The lowest BCUT2D eigenvalue weighted by atomic mass is 9.84.